The first-order valence-corrected chi connectivity index (χ1v) is 6.71. The Morgan fingerprint density at radius 3 is 2.47 bits per heavy atom. The molecule has 4 heteroatoms. The predicted octanol–water partition coefficient (Wildman–Crippen LogP) is 1.29. The number of amides is 1. The van der Waals surface area contributed by atoms with Crippen molar-refractivity contribution in [1.29, 1.82) is 0 Å². The molecule has 3 N–H and O–H groups in total. The van der Waals surface area contributed by atoms with Gasteiger partial charge in [-0.15, -0.1) is 0 Å². The summed E-state index contributed by atoms with van der Waals surface area (Å²) in [7, 11) is 0. The molecule has 0 heterocycles. The number of benzene rings is 1. The van der Waals surface area contributed by atoms with E-state index in [1.54, 1.807) is 0 Å². The van der Waals surface area contributed by atoms with Crippen LogP contribution < -0.4 is 5.32 Å². The zero-order chi connectivity index (χ0) is 14.3. The molecule has 3 unspecified atom stereocenters. The second-order valence-corrected chi connectivity index (χ2v) is 4.86. The molecule has 0 aliphatic heterocycles. The molecule has 4 nitrogen and oxygen atoms in total. The summed E-state index contributed by atoms with van der Waals surface area (Å²) in [5.41, 5.74) is 0.979. The normalized spacial score (nSPS) is 15.6. The van der Waals surface area contributed by atoms with Crippen LogP contribution in [-0.4, -0.2) is 35.4 Å². The number of aliphatic hydroxyl groups is 2. The second-order valence-electron chi connectivity index (χ2n) is 4.86. The van der Waals surface area contributed by atoms with Gasteiger partial charge in [-0.25, -0.2) is 0 Å². The fourth-order valence-electron chi connectivity index (χ4n) is 2.03. The molecule has 0 radical (unpaired) electrons. The first kappa shape index (κ1) is 15.7. The van der Waals surface area contributed by atoms with Gasteiger partial charge in [0.25, 0.3) is 0 Å². The highest BCUT2D eigenvalue weighted by atomic mass is 16.3. The summed E-state index contributed by atoms with van der Waals surface area (Å²) in [6.45, 7) is 3.82. The van der Waals surface area contributed by atoms with E-state index in [0.717, 1.165) is 12.0 Å². The minimum absolute atomic E-state index is 0.0785. The van der Waals surface area contributed by atoms with Gasteiger partial charge in [0, 0.05) is 6.54 Å². The predicted molar refractivity (Wildman–Crippen MR) is 74.7 cm³/mol. The van der Waals surface area contributed by atoms with Crippen LogP contribution >= 0.6 is 0 Å². The van der Waals surface area contributed by atoms with Gasteiger partial charge in [0.2, 0.25) is 5.91 Å². The lowest BCUT2D eigenvalue weighted by Crippen LogP contribution is -2.38. The zero-order valence-electron chi connectivity index (χ0n) is 11.5. The van der Waals surface area contributed by atoms with Crippen LogP contribution in [0.2, 0.25) is 0 Å². The minimum Gasteiger partial charge on any atom is -0.394 e. The summed E-state index contributed by atoms with van der Waals surface area (Å²) in [5.74, 6) is -0.112. The Morgan fingerprint density at radius 2 is 1.95 bits per heavy atom. The van der Waals surface area contributed by atoms with Crippen molar-refractivity contribution >= 4 is 5.91 Å². The van der Waals surface area contributed by atoms with Crippen LogP contribution in [0.1, 0.15) is 31.7 Å². The zero-order valence-corrected chi connectivity index (χ0v) is 11.5. The van der Waals surface area contributed by atoms with E-state index in [1.807, 2.05) is 37.3 Å². The largest absolute Gasteiger partial charge is 0.394 e. The Morgan fingerprint density at radius 1 is 1.32 bits per heavy atom. The lowest BCUT2D eigenvalue weighted by molar-refractivity contribution is -0.124. The number of nitrogens with one attached hydrogen (secondary N) is 1. The number of hydrogen-bond donors (Lipinski definition) is 3. The molecule has 0 aliphatic rings. The number of hydrogen-bond acceptors (Lipinski definition) is 3. The smallest absolute Gasteiger partial charge is 0.227 e. The fourth-order valence-corrected chi connectivity index (χ4v) is 2.03. The number of rotatable bonds is 7. The molecule has 1 rings (SSSR count). The SMILES string of the molecule is CCC(C)C(C(=O)NCC(O)CO)c1ccccc1. The first-order valence-electron chi connectivity index (χ1n) is 6.71. The van der Waals surface area contributed by atoms with Crippen molar-refractivity contribution in [1.82, 2.24) is 5.32 Å². The summed E-state index contributed by atoms with van der Waals surface area (Å²) >= 11 is 0. The molecule has 1 aromatic carbocycles. The van der Waals surface area contributed by atoms with E-state index in [9.17, 15) is 9.90 Å². The Labute approximate surface area is 114 Å². The Balaban J connectivity index is 2.77. The average molecular weight is 265 g/mol. The molecule has 0 saturated carbocycles. The van der Waals surface area contributed by atoms with Gasteiger partial charge in [-0.3, -0.25) is 4.79 Å². The van der Waals surface area contributed by atoms with Crippen LogP contribution in [0.4, 0.5) is 0 Å². The molecular formula is C15H23NO3. The van der Waals surface area contributed by atoms with E-state index in [1.165, 1.54) is 0 Å². The van der Waals surface area contributed by atoms with Crippen molar-refractivity contribution in [2.45, 2.75) is 32.3 Å². The van der Waals surface area contributed by atoms with Gasteiger partial charge in [0.15, 0.2) is 0 Å². The molecule has 19 heavy (non-hydrogen) atoms. The van der Waals surface area contributed by atoms with Gasteiger partial charge >= 0.3 is 0 Å². The summed E-state index contributed by atoms with van der Waals surface area (Å²) in [4.78, 5) is 12.3. The molecule has 0 saturated heterocycles. The Kier molecular flexibility index (Phi) is 6.53. The molecule has 3 atom stereocenters. The average Bonchev–Trinajstić information content (AvgIpc) is 2.45. The van der Waals surface area contributed by atoms with Crippen LogP contribution in [0.25, 0.3) is 0 Å². The van der Waals surface area contributed by atoms with Gasteiger partial charge in [-0.2, -0.15) is 0 Å². The summed E-state index contributed by atoms with van der Waals surface area (Å²) in [5, 5.41) is 20.7. The van der Waals surface area contributed by atoms with Crippen molar-refractivity contribution in [2.75, 3.05) is 13.2 Å². The number of carbonyl (C=O) groups is 1. The van der Waals surface area contributed by atoms with Crippen LogP contribution in [0.3, 0.4) is 0 Å². The molecule has 0 aliphatic carbocycles. The van der Waals surface area contributed by atoms with Crippen molar-refractivity contribution in [3.63, 3.8) is 0 Å². The maximum atomic E-state index is 12.3. The minimum atomic E-state index is -0.905. The third kappa shape index (κ3) is 4.65. The van der Waals surface area contributed by atoms with Gasteiger partial charge in [0.1, 0.15) is 0 Å². The monoisotopic (exact) mass is 265 g/mol. The van der Waals surface area contributed by atoms with Gasteiger partial charge in [0.05, 0.1) is 18.6 Å². The van der Waals surface area contributed by atoms with E-state index in [2.05, 4.69) is 12.2 Å². The third-order valence-electron chi connectivity index (χ3n) is 3.38. The second kappa shape index (κ2) is 7.92. The lowest BCUT2D eigenvalue weighted by Gasteiger charge is -2.23. The van der Waals surface area contributed by atoms with Crippen LogP contribution in [0.5, 0.6) is 0 Å². The fraction of sp³-hybridized carbons (Fsp3) is 0.533. The highest BCUT2D eigenvalue weighted by molar-refractivity contribution is 5.83. The van der Waals surface area contributed by atoms with Crippen LogP contribution in [0.15, 0.2) is 30.3 Å². The molecule has 0 fully saturated rings. The van der Waals surface area contributed by atoms with E-state index in [0.29, 0.717) is 0 Å². The van der Waals surface area contributed by atoms with Crippen molar-refractivity contribution in [3.05, 3.63) is 35.9 Å². The maximum absolute atomic E-state index is 12.3. The van der Waals surface area contributed by atoms with Crippen molar-refractivity contribution < 1.29 is 15.0 Å². The molecule has 0 bridgehead atoms. The summed E-state index contributed by atoms with van der Waals surface area (Å²) in [6.07, 6.45) is -0.00692. The van der Waals surface area contributed by atoms with Crippen LogP contribution in [-0.2, 0) is 4.79 Å². The van der Waals surface area contributed by atoms with Crippen molar-refractivity contribution in [2.24, 2.45) is 5.92 Å². The van der Waals surface area contributed by atoms with Crippen molar-refractivity contribution in [3.8, 4) is 0 Å². The van der Waals surface area contributed by atoms with Gasteiger partial charge < -0.3 is 15.5 Å². The summed E-state index contributed by atoms with van der Waals surface area (Å²) in [6, 6.07) is 9.64. The molecular weight excluding hydrogens is 242 g/mol. The maximum Gasteiger partial charge on any atom is 0.227 e. The molecule has 1 amide bonds. The number of carbonyl (C=O) groups excluding carboxylic acids is 1. The Hall–Kier alpha value is -1.39. The standard InChI is InChI=1S/C15H23NO3/c1-3-11(2)14(12-7-5-4-6-8-12)15(19)16-9-13(18)10-17/h4-8,11,13-14,17-18H,3,9-10H2,1-2H3,(H,16,19). The molecule has 106 valence electrons. The Bertz CT molecular complexity index is 380. The van der Waals surface area contributed by atoms with Crippen LogP contribution in [0, 0.1) is 5.92 Å². The number of aliphatic hydroxyl groups excluding tert-OH is 2. The quantitative estimate of drug-likeness (QED) is 0.695. The van der Waals surface area contributed by atoms with E-state index < -0.39 is 6.10 Å². The lowest BCUT2D eigenvalue weighted by atomic mass is 9.85. The molecule has 0 aromatic heterocycles. The van der Waals surface area contributed by atoms with E-state index in [4.69, 9.17) is 5.11 Å². The third-order valence-corrected chi connectivity index (χ3v) is 3.38. The van der Waals surface area contributed by atoms with E-state index in [-0.39, 0.29) is 30.9 Å². The van der Waals surface area contributed by atoms with Gasteiger partial charge in [-0.05, 0) is 11.5 Å². The van der Waals surface area contributed by atoms with E-state index >= 15 is 0 Å². The highest BCUT2D eigenvalue weighted by Crippen LogP contribution is 2.26. The summed E-state index contributed by atoms with van der Waals surface area (Å²) < 4.78 is 0. The molecule has 1 aromatic rings. The first-order chi connectivity index (χ1) is 9.10. The molecule has 0 spiro atoms. The van der Waals surface area contributed by atoms with Gasteiger partial charge in [-0.1, -0.05) is 50.6 Å². The topological polar surface area (TPSA) is 69.6 Å². The highest BCUT2D eigenvalue weighted by Gasteiger charge is 2.25.